The monoisotopic (exact) mass is 356 g/mol. The van der Waals surface area contributed by atoms with E-state index < -0.39 is 5.31 Å². The van der Waals surface area contributed by atoms with Crippen molar-refractivity contribution in [3.8, 4) is 0 Å². The molecule has 10 heteroatoms. The Labute approximate surface area is 119 Å². The number of rotatable bonds is 0. The van der Waals surface area contributed by atoms with Crippen LogP contribution in [0.2, 0.25) is 0 Å². The van der Waals surface area contributed by atoms with E-state index in [-0.39, 0.29) is 71.3 Å². The standard InChI is InChI=1S/Cl4Si.4ClH.Ti/c1-5(2,3)4;;;;;/h;4*1H;/q;;;;;+4/p-4. The summed E-state index contributed by atoms with van der Waals surface area (Å²) in [6.07, 6.45) is 0. The number of hydrogen-bond donors (Lipinski definition) is 0. The van der Waals surface area contributed by atoms with Crippen LogP contribution in [0.15, 0.2) is 0 Å². The number of hydrogen-bond acceptors (Lipinski definition) is 0. The first kappa shape index (κ1) is 37.8. The van der Waals surface area contributed by atoms with E-state index in [2.05, 4.69) is 0 Å². The molecular formula is Cl8SiTi. The number of halogens is 8. The maximum absolute atomic E-state index is 4.97. The summed E-state index contributed by atoms with van der Waals surface area (Å²) in [6.45, 7) is 0. The molecule has 0 saturated heterocycles. The van der Waals surface area contributed by atoms with Gasteiger partial charge in [0.1, 0.15) is 0 Å². The van der Waals surface area contributed by atoms with Gasteiger partial charge in [0.25, 0.3) is 0 Å². The topological polar surface area (TPSA) is 0 Å². The molecule has 0 aromatic heterocycles. The molecule has 0 rings (SSSR count). The molecule has 0 amide bonds. The van der Waals surface area contributed by atoms with E-state index in [9.17, 15) is 0 Å². The van der Waals surface area contributed by atoms with Gasteiger partial charge in [0, 0.05) is 0 Å². The van der Waals surface area contributed by atoms with E-state index >= 15 is 0 Å². The van der Waals surface area contributed by atoms with E-state index in [0.29, 0.717) is 0 Å². The normalized spacial score (nSPS) is 6.00. The Hall–Kier alpha value is 3.25. The second-order valence-corrected chi connectivity index (χ2v) is 11.6. The smallest absolute Gasteiger partial charge is 1.00 e. The average molecular weight is 360 g/mol. The Kier molecular flexibility index (Phi) is 68.5. The second kappa shape index (κ2) is 18.1. The van der Waals surface area contributed by atoms with Crippen LogP contribution in [0.5, 0.6) is 0 Å². The zero-order chi connectivity index (χ0) is 4.50. The Morgan fingerprint density at radius 1 is 0.600 bits per heavy atom. The molecule has 0 heterocycles. The van der Waals surface area contributed by atoms with Crippen molar-refractivity contribution < 1.29 is 71.3 Å². The summed E-state index contributed by atoms with van der Waals surface area (Å²) in [5, 5.41) is -2.72. The second-order valence-electron chi connectivity index (χ2n) is 0.429. The first-order valence-corrected chi connectivity index (χ1v) is 6.80. The van der Waals surface area contributed by atoms with Crippen LogP contribution in [0.25, 0.3) is 0 Å². The molecule has 0 fully saturated rings. The van der Waals surface area contributed by atoms with E-state index in [1.165, 1.54) is 0 Å². The molecule has 0 saturated carbocycles. The van der Waals surface area contributed by atoms with Gasteiger partial charge in [-0.3, -0.25) is 0 Å². The molecule has 10 heavy (non-hydrogen) atoms. The van der Waals surface area contributed by atoms with Gasteiger partial charge in [-0.2, -0.15) is 0 Å². The van der Waals surface area contributed by atoms with E-state index in [0.717, 1.165) is 0 Å². The third-order valence-corrected chi connectivity index (χ3v) is 0. The minimum atomic E-state index is -2.72. The molecule has 0 atom stereocenters. The Morgan fingerprint density at radius 3 is 0.600 bits per heavy atom. The maximum atomic E-state index is 4.97. The molecule has 0 N–H and O–H groups in total. The Bertz CT molecular complexity index is 24.7. The van der Waals surface area contributed by atoms with Gasteiger partial charge in [-0.25, -0.2) is 0 Å². The molecule has 0 aliphatic carbocycles. The van der Waals surface area contributed by atoms with Crippen molar-refractivity contribution in [3.63, 3.8) is 0 Å². The van der Waals surface area contributed by atoms with E-state index in [1.54, 1.807) is 0 Å². The van der Waals surface area contributed by atoms with Gasteiger partial charge >= 0.3 is 27.0 Å². The molecule has 0 aromatic rings. The largest absolute Gasteiger partial charge is 4.00 e. The summed E-state index contributed by atoms with van der Waals surface area (Å²) < 4.78 is 0. The Morgan fingerprint density at radius 2 is 0.600 bits per heavy atom. The first-order valence-electron chi connectivity index (χ1n) is 0.756. The minimum absolute atomic E-state index is 0. The fourth-order valence-electron chi connectivity index (χ4n) is 0. The summed E-state index contributed by atoms with van der Waals surface area (Å²) in [4.78, 5) is 0. The van der Waals surface area contributed by atoms with Gasteiger partial charge in [-0.05, 0) is 0 Å². The van der Waals surface area contributed by atoms with E-state index in [4.69, 9.17) is 44.3 Å². The molecule has 0 aromatic carbocycles. The third kappa shape index (κ3) is 112. The third-order valence-electron chi connectivity index (χ3n) is 0. The maximum Gasteiger partial charge on any atom is 4.00 e. The zero-order valence-corrected chi connectivity index (χ0v) is 12.6. The van der Waals surface area contributed by atoms with Gasteiger partial charge in [0.05, 0.1) is 0 Å². The predicted molar refractivity (Wildman–Crippen MR) is 29.2 cm³/mol. The van der Waals surface area contributed by atoms with Crippen LogP contribution in [0.3, 0.4) is 0 Å². The van der Waals surface area contributed by atoms with Crippen LogP contribution in [0.4, 0.5) is 0 Å². The van der Waals surface area contributed by atoms with Gasteiger partial charge < -0.3 is 49.6 Å². The van der Waals surface area contributed by atoms with Gasteiger partial charge in [-0.15, -0.1) is 44.3 Å². The fourth-order valence-corrected chi connectivity index (χ4v) is 0. The molecule has 0 aliphatic heterocycles. The molecule has 0 aliphatic rings. The molecular weight excluding hydrogens is 360 g/mol. The molecule has 0 spiro atoms. The van der Waals surface area contributed by atoms with Crippen molar-refractivity contribution in [2.24, 2.45) is 0 Å². The van der Waals surface area contributed by atoms with Crippen LogP contribution >= 0.6 is 44.3 Å². The van der Waals surface area contributed by atoms with Crippen molar-refractivity contribution >= 4 is 49.6 Å². The first-order chi connectivity index (χ1) is 2.00. The Balaban J connectivity index is -0.00000000800. The average Bonchev–Trinajstić information content (AvgIpc) is 0.722. The summed E-state index contributed by atoms with van der Waals surface area (Å²) in [5.74, 6) is 0. The SMILES string of the molecule is Cl[Si](Cl)(Cl)Cl.[Cl-].[Cl-].[Cl-].[Cl-].[Ti+4]. The summed E-state index contributed by atoms with van der Waals surface area (Å²) in [6, 6.07) is 0. The zero-order valence-electron chi connectivity index (χ0n) is 4.02. The van der Waals surface area contributed by atoms with Crippen molar-refractivity contribution in [1.29, 1.82) is 0 Å². The molecule has 64 valence electrons. The summed E-state index contributed by atoms with van der Waals surface area (Å²) >= 11 is 19.9. The van der Waals surface area contributed by atoms with Gasteiger partial charge in [-0.1, -0.05) is 0 Å². The van der Waals surface area contributed by atoms with Crippen LogP contribution in [0, 0.1) is 0 Å². The van der Waals surface area contributed by atoms with Crippen molar-refractivity contribution in [3.05, 3.63) is 0 Å². The minimum Gasteiger partial charge on any atom is -1.00 e. The van der Waals surface area contributed by atoms with Crippen molar-refractivity contribution in [2.75, 3.05) is 0 Å². The summed E-state index contributed by atoms with van der Waals surface area (Å²) in [5.41, 5.74) is 0. The molecule has 0 radical (unpaired) electrons. The van der Waals surface area contributed by atoms with E-state index in [1.807, 2.05) is 0 Å². The van der Waals surface area contributed by atoms with Crippen LogP contribution in [-0.2, 0) is 21.7 Å². The van der Waals surface area contributed by atoms with Gasteiger partial charge in [0.2, 0.25) is 0 Å². The van der Waals surface area contributed by atoms with Crippen LogP contribution in [-0.4, -0.2) is 5.31 Å². The van der Waals surface area contributed by atoms with Gasteiger partial charge in [0.15, 0.2) is 0 Å². The molecule has 0 unspecified atom stereocenters. The molecule has 0 nitrogen and oxygen atoms in total. The van der Waals surface area contributed by atoms with Crippen molar-refractivity contribution in [2.45, 2.75) is 0 Å². The molecule has 0 bridgehead atoms. The predicted octanol–water partition coefficient (Wildman–Crippen LogP) is -9.61. The fraction of sp³-hybridized carbons (Fsp3) is 0. The quantitative estimate of drug-likeness (QED) is 0.298. The van der Waals surface area contributed by atoms with Crippen molar-refractivity contribution in [1.82, 2.24) is 0 Å². The van der Waals surface area contributed by atoms with Crippen LogP contribution in [0.1, 0.15) is 0 Å². The van der Waals surface area contributed by atoms with Crippen LogP contribution < -0.4 is 49.6 Å². The summed E-state index contributed by atoms with van der Waals surface area (Å²) in [7, 11) is 0.